The molecule has 13 heavy (non-hydrogen) atoms. The molecule has 0 aliphatic carbocycles. The lowest BCUT2D eigenvalue weighted by Gasteiger charge is -2.14. The minimum absolute atomic E-state index is 0.272. The summed E-state index contributed by atoms with van der Waals surface area (Å²) in [4.78, 5) is 20.3. The van der Waals surface area contributed by atoms with Gasteiger partial charge in [0.05, 0.1) is 5.36 Å². The smallest absolute Gasteiger partial charge is 0.320 e. The fourth-order valence-corrected chi connectivity index (χ4v) is 1.12. The highest BCUT2D eigenvalue weighted by molar-refractivity contribution is 5.76. The molecule has 0 unspecified atom stereocenters. The third-order valence-electron chi connectivity index (χ3n) is 1.77. The normalized spacial score (nSPS) is 14.0. The van der Waals surface area contributed by atoms with Crippen molar-refractivity contribution in [3.8, 4) is 0 Å². The summed E-state index contributed by atoms with van der Waals surface area (Å²) in [5, 5.41) is 1.47. The maximum absolute atomic E-state index is 10.8. The van der Waals surface area contributed by atoms with Crippen LogP contribution in [0.15, 0.2) is 23.3 Å². The molecule has 5 heteroatoms. The summed E-state index contributed by atoms with van der Waals surface area (Å²) in [6, 6.07) is 3.13. The van der Waals surface area contributed by atoms with Gasteiger partial charge in [0.15, 0.2) is 0 Å². The Morgan fingerprint density at radius 2 is 2.46 bits per heavy atom. The lowest BCUT2D eigenvalue weighted by Crippen LogP contribution is -2.42. The van der Waals surface area contributed by atoms with E-state index in [-0.39, 0.29) is 6.67 Å². The highest BCUT2D eigenvalue weighted by atomic mass is 16.2. The van der Waals surface area contributed by atoms with E-state index in [0.717, 1.165) is 5.36 Å². The Morgan fingerprint density at radius 3 is 3.23 bits per heavy atom. The molecule has 0 saturated heterocycles. The molecule has 0 saturated carbocycles. The van der Waals surface area contributed by atoms with Crippen LogP contribution in [0.25, 0.3) is 6.20 Å². The summed E-state index contributed by atoms with van der Waals surface area (Å²) in [6.07, 6.45) is 3.25. The first-order chi connectivity index (χ1) is 6.27. The molecular formula is C8H8N4O. The van der Waals surface area contributed by atoms with Crippen LogP contribution in [0, 0.1) is 0 Å². The van der Waals surface area contributed by atoms with E-state index in [1.54, 1.807) is 18.5 Å². The Morgan fingerprint density at radius 1 is 1.62 bits per heavy atom. The van der Waals surface area contributed by atoms with Crippen LogP contribution in [0.2, 0.25) is 0 Å². The van der Waals surface area contributed by atoms with Gasteiger partial charge in [0, 0.05) is 12.4 Å². The monoisotopic (exact) mass is 176 g/mol. The molecule has 0 fully saturated rings. The predicted molar refractivity (Wildman–Crippen MR) is 45.8 cm³/mol. The van der Waals surface area contributed by atoms with Gasteiger partial charge in [-0.05, 0) is 12.1 Å². The summed E-state index contributed by atoms with van der Waals surface area (Å²) < 4.78 is 0. The van der Waals surface area contributed by atoms with E-state index >= 15 is 0 Å². The Labute approximate surface area is 74.2 Å². The zero-order valence-corrected chi connectivity index (χ0v) is 6.84. The molecule has 2 heterocycles. The Bertz CT molecular complexity index is 453. The van der Waals surface area contributed by atoms with Gasteiger partial charge in [-0.3, -0.25) is 14.9 Å². The number of aromatic nitrogens is 1. The summed E-state index contributed by atoms with van der Waals surface area (Å²) >= 11 is 0. The number of fused-ring (bicyclic) bond motifs is 1. The van der Waals surface area contributed by atoms with E-state index in [1.807, 2.05) is 6.07 Å². The number of urea groups is 1. The standard InChI is InChI=1S/C8H8N4O/c9-8(13)12-4-7-6(11-5-12)2-1-3-10-7/h1-4H,5H2,(H2,9,13). The lowest BCUT2D eigenvalue weighted by atomic mass is 10.4. The second-order valence-corrected chi connectivity index (χ2v) is 2.64. The number of carbonyl (C=O) groups is 1. The van der Waals surface area contributed by atoms with Crippen molar-refractivity contribution in [2.24, 2.45) is 10.7 Å². The molecule has 5 nitrogen and oxygen atoms in total. The largest absolute Gasteiger partial charge is 0.351 e. The minimum atomic E-state index is -0.514. The Hall–Kier alpha value is -1.91. The second-order valence-electron chi connectivity index (χ2n) is 2.64. The van der Waals surface area contributed by atoms with Crippen molar-refractivity contribution in [1.29, 1.82) is 0 Å². The second kappa shape index (κ2) is 2.85. The van der Waals surface area contributed by atoms with Gasteiger partial charge in [0.2, 0.25) is 0 Å². The van der Waals surface area contributed by atoms with Crippen LogP contribution >= 0.6 is 0 Å². The number of pyridine rings is 1. The Kier molecular flexibility index (Phi) is 1.70. The van der Waals surface area contributed by atoms with E-state index in [2.05, 4.69) is 9.98 Å². The van der Waals surface area contributed by atoms with E-state index in [0.29, 0.717) is 5.35 Å². The van der Waals surface area contributed by atoms with Gasteiger partial charge in [-0.2, -0.15) is 0 Å². The Balaban J connectivity index is 2.55. The molecule has 0 radical (unpaired) electrons. The highest BCUT2D eigenvalue weighted by Gasteiger charge is 2.08. The average molecular weight is 176 g/mol. The summed E-state index contributed by atoms with van der Waals surface area (Å²) in [5.74, 6) is 0. The van der Waals surface area contributed by atoms with Gasteiger partial charge in [0.25, 0.3) is 0 Å². The lowest BCUT2D eigenvalue weighted by molar-refractivity contribution is 0.229. The molecule has 1 aromatic heterocycles. The van der Waals surface area contributed by atoms with Crippen LogP contribution in [0.3, 0.4) is 0 Å². The first kappa shape index (κ1) is 7.72. The molecule has 1 aromatic rings. The van der Waals surface area contributed by atoms with E-state index < -0.39 is 6.03 Å². The first-order valence-electron chi connectivity index (χ1n) is 3.81. The number of amides is 2. The fourth-order valence-electron chi connectivity index (χ4n) is 1.12. The van der Waals surface area contributed by atoms with Gasteiger partial charge < -0.3 is 5.73 Å². The van der Waals surface area contributed by atoms with Gasteiger partial charge in [-0.15, -0.1) is 0 Å². The average Bonchev–Trinajstić information content (AvgIpc) is 2.17. The SMILES string of the molecule is NC(=O)N1C=c2ncccc2=NC1. The summed E-state index contributed by atoms with van der Waals surface area (Å²) in [5.41, 5.74) is 5.09. The van der Waals surface area contributed by atoms with E-state index in [4.69, 9.17) is 5.73 Å². The molecule has 0 bridgehead atoms. The van der Waals surface area contributed by atoms with Crippen LogP contribution in [0.1, 0.15) is 0 Å². The van der Waals surface area contributed by atoms with Crippen molar-refractivity contribution in [3.05, 3.63) is 29.0 Å². The molecule has 1 aliphatic rings. The maximum Gasteiger partial charge on any atom is 0.320 e. The zero-order chi connectivity index (χ0) is 9.26. The molecule has 0 spiro atoms. The third-order valence-corrected chi connectivity index (χ3v) is 1.77. The van der Waals surface area contributed by atoms with Crippen LogP contribution < -0.4 is 16.4 Å². The van der Waals surface area contributed by atoms with E-state index in [1.165, 1.54) is 4.90 Å². The number of carbonyl (C=O) groups excluding carboxylic acids is 1. The van der Waals surface area contributed by atoms with Crippen molar-refractivity contribution < 1.29 is 4.79 Å². The highest BCUT2D eigenvalue weighted by Crippen LogP contribution is 1.90. The third kappa shape index (κ3) is 1.35. The van der Waals surface area contributed by atoms with E-state index in [9.17, 15) is 4.79 Å². The zero-order valence-electron chi connectivity index (χ0n) is 6.84. The molecule has 0 aromatic carbocycles. The van der Waals surface area contributed by atoms with Crippen molar-refractivity contribution in [1.82, 2.24) is 9.88 Å². The fraction of sp³-hybridized carbons (Fsp3) is 0.125. The van der Waals surface area contributed by atoms with Gasteiger partial charge in [0.1, 0.15) is 12.0 Å². The molecule has 2 amide bonds. The molecule has 0 atom stereocenters. The number of nitrogens with zero attached hydrogens (tertiary/aromatic N) is 3. The van der Waals surface area contributed by atoms with Crippen LogP contribution in [-0.4, -0.2) is 22.6 Å². The molecule has 1 aliphatic heterocycles. The molecule has 2 N–H and O–H groups in total. The summed E-state index contributed by atoms with van der Waals surface area (Å²) in [7, 11) is 0. The summed E-state index contributed by atoms with van der Waals surface area (Å²) in [6.45, 7) is 0.272. The van der Waals surface area contributed by atoms with Gasteiger partial charge in [-0.1, -0.05) is 0 Å². The first-order valence-corrected chi connectivity index (χ1v) is 3.81. The van der Waals surface area contributed by atoms with Crippen LogP contribution in [-0.2, 0) is 0 Å². The number of nitrogens with two attached hydrogens (primary N) is 1. The number of hydrogen-bond acceptors (Lipinski definition) is 3. The minimum Gasteiger partial charge on any atom is -0.351 e. The maximum atomic E-state index is 10.8. The topological polar surface area (TPSA) is 71.6 Å². The van der Waals surface area contributed by atoms with Crippen molar-refractivity contribution in [2.75, 3.05) is 6.67 Å². The molecule has 66 valence electrons. The quantitative estimate of drug-likeness (QED) is 0.538. The van der Waals surface area contributed by atoms with Crippen LogP contribution in [0.4, 0.5) is 4.79 Å². The van der Waals surface area contributed by atoms with Gasteiger partial charge in [-0.25, -0.2) is 4.79 Å². The van der Waals surface area contributed by atoms with Gasteiger partial charge >= 0.3 is 6.03 Å². The van der Waals surface area contributed by atoms with Crippen LogP contribution in [0.5, 0.6) is 0 Å². The van der Waals surface area contributed by atoms with Crippen molar-refractivity contribution >= 4 is 12.2 Å². The number of primary amides is 1. The van der Waals surface area contributed by atoms with Crippen molar-refractivity contribution in [2.45, 2.75) is 0 Å². The number of hydrogen-bond donors (Lipinski definition) is 1. The predicted octanol–water partition coefficient (Wildman–Crippen LogP) is -1.21. The molecule has 2 rings (SSSR count). The number of rotatable bonds is 0. The van der Waals surface area contributed by atoms with Crippen molar-refractivity contribution in [3.63, 3.8) is 0 Å². The molecular weight excluding hydrogens is 168 g/mol.